The minimum Gasteiger partial charge on any atom is -0.468 e. The summed E-state index contributed by atoms with van der Waals surface area (Å²) in [6, 6.07) is 2.96. The number of hydrogen-bond donors (Lipinski definition) is 1. The number of likely N-dealkylation sites (tertiary alicyclic amines) is 1. The Hall–Kier alpha value is -0.800. The van der Waals surface area contributed by atoms with Crippen LogP contribution >= 0.6 is 0 Å². The number of nitrogens with zero attached hydrogens (tertiary/aromatic N) is 1. The molecule has 3 heteroatoms. The van der Waals surface area contributed by atoms with Crippen LogP contribution in [0.1, 0.15) is 57.3 Å². The van der Waals surface area contributed by atoms with E-state index in [1.165, 1.54) is 50.0 Å². The van der Waals surface area contributed by atoms with Gasteiger partial charge in [-0.1, -0.05) is 20.3 Å². The topological polar surface area (TPSA) is 28.4 Å². The highest BCUT2D eigenvalue weighted by Crippen LogP contribution is 2.37. The number of fused-ring (bicyclic) bond motifs is 1. The number of hydrogen-bond acceptors (Lipinski definition) is 3. The molecule has 0 radical (unpaired) electrons. The monoisotopic (exact) mass is 290 g/mol. The lowest BCUT2D eigenvalue weighted by Crippen LogP contribution is -2.42. The fraction of sp³-hybridized carbons (Fsp3) is 0.778. The first kappa shape index (κ1) is 15.1. The minimum atomic E-state index is 0.696. The maximum Gasteiger partial charge on any atom is 0.122 e. The summed E-state index contributed by atoms with van der Waals surface area (Å²) in [5, 5.41) is 3.53. The lowest BCUT2D eigenvalue weighted by atomic mass is 9.92. The number of furan rings is 1. The van der Waals surface area contributed by atoms with E-state index in [9.17, 15) is 0 Å². The second-order valence-electron chi connectivity index (χ2n) is 7.26. The Kier molecular flexibility index (Phi) is 5.02. The third-order valence-corrected chi connectivity index (χ3v) is 5.16. The summed E-state index contributed by atoms with van der Waals surface area (Å²) in [5.74, 6) is 2.83. The first-order valence-corrected chi connectivity index (χ1v) is 8.74. The minimum absolute atomic E-state index is 0.696. The zero-order valence-corrected chi connectivity index (χ0v) is 13.6. The number of piperidine rings is 1. The molecule has 2 atom stereocenters. The second-order valence-corrected chi connectivity index (χ2v) is 7.26. The van der Waals surface area contributed by atoms with Crippen LogP contribution in [0.5, 0.6) is 0 Å². The molecule has 1 aliphatic carbocycles. The smallest absolute Gasteiger partial charge is 0.122 e. The molecule has 2 heterocycles. The van der Waals surface area contributed by atoms with Gasteiger partial charge in [-0.2, -0.15) is 0 Å². The Bertz CT molecular complexity index is 440. The van der Waals surface area contributed by atoms with Crippen LogP contribution in [0.4, 0.5) is 0 Å². The van der Waals surface area contributed by atoms with Gasteiger partial charge in [0.1, 0.15) is 5.76 Å². The van der Waals surface area contributed by atoms with Crippen LogP contribution in [0, 0.1) is 11.8 Å². The van der Waals surface area contributed by atoms with Crippen molar-refractivity contribution in [2.75, 3.05) is 13.1 Å². The van der Waals surface area contributed by atoms with Gasteiger partial charge in [-0.25, -0.2) is 0 Å². The van der Waals surface area contributed by atoms with Crippen LogP contribution in [0.25, 0.3) is 0 Å². The van der Waals surface area contributed by atoms with Gasteiger partial charge in [0.25, 0.3) is 0 Å². The standard InChI is InChI=1S/C18H30N2O/c1-14(2)11-19-12-16-8-10-21-18(16)13-20-9-4-6-15-5-3-7-17(15)20/h8,10,14-15,17,19H,3-7,9,11-13H2,1-2H3. The van der Waals surface area contributed by atoms with Crippen molar-refractivity contribution in [1.82, 2.24) is 10.2 Å². The zero-order chi connectivity index (χ0) is 14.7. The zero-order valence-electron chi connectivity index (χ0n) is 13.6. The van der Waals surface area contributed by atoms with Gasteiger partial charge in [0, 0.05) is 18.2 Å². The first-order valence-electron chi connectivity index (χ1n) is 8.74. The van der Waals surface area contributed by atoms with Gasteiger partial charge in [-0.05, 0) is 56.7 Å². The van der Waals surface area contributed by atoms with E-state index in [4.69, 9.17) is 4.42 Å². The van der Waals surface area contributed by atoms with E-state index in [2.05, 4.69) is 30.1 Å². The van der Waals surface area contributed by atoms with E-state index >= 15 is 0 Å². The molecule has 3 rings (SSSR count). The molecule has 1 aliphatic heterocycles. The predicted molar refractivity (Wildman–Crippen MR) is 86.0 cm³/mol. The van der Waals surface area contributed by atoms with Crippen LogP contribution in [-0.2, 0) is 13.1 Å². The Morgan fingerprint density at radius 3 is 3.00 bits per heavy atom. The van der Waals surface area contributed by atoms with Gasteiger partial charge in [0.2, 0.25) is 0 Å². The molecule has 0 spiro atoms. The van der Waals surface area contributed by atoms with Gasteiger partial charge >= 0.3 is 0 Å². The van der Waals surface area contributed by atoms with E-state index in [0.29, 0.717) is 5.92 Å². The molecule has 1 saturated heterocycles. The third kappa shape index (κ3) is 3.70. The molecule has 1 saturated carbocycles. The van der Waals surface area contributed by atoms with Gasteiger partial charge in [0.05, 0.1) is 12.8 Å². The summed E-state index contributed by atoms with van der Waals surface area (Å²) < 4.78 is 5.79. The lowest BCUT2D eigenvalue weighted by molar-refractivity contribution is 0.0975. The van der Waals surface area contributed by atoms with Crippen LogP contribution in [0.2, 0.25) is 0 Å². The molecule has 0 amide bonds. The number of rotatable bonds is 6. The van der Waals surface area contributed by atoms with Gasteiger partial charge in [0.15, 0.2) is 0 Å². The maximum absolute atomic E-state index is 5.79. The summed E-state index contributed by atoms with van der Waals surface area (Å²) in [6.45, 7) is 8.76. The van der Waals surface area contributed by atoms with Crippen molar-refractivity contribution >= 4 is 0 Å². The molecule has 1 aromatic heterocycles. The number of nitrogens with one attached hydrogen (secondary N) is 1. The Morgan fingerprint density at radius 1 is 1.29 bits per heavy atom. The Labute approximate surface area is 129 Å². The van der Waals surface area contributed by atoms with Crippen LogP contribution < -0.4 is 5.32 Å². The highest BCUT2D eigenvalue weighted by molar-refractivity contribution is 5.17. The highest BCUT2D eigenvalue weighted by atomic mass is 16.3. The van der Waals surface area contributed by atoms with Crippen molar-refractivity contribution < 1.29 is 4.42 Å². The molecule has 2 aliphatic rings. The van der Waals surface area contributed by atoms with Crippen LogP contribution in [0.15, 0.2) is 16.7 Å². The summed E-state index contributed by atoms with van der Waals surface area (Å²) >= 11 is 0. The Balaban J connectivity index is 1.58. The molecular weight excluding hydrogens is 260 g/mol. The van der Waals surface area contributed by atoms with E-state index in [-0.39, 0.29) is 0 Å². The SMILES string of the molecule is CC(C)CNCc1ccoc1CN1CCCC2CCCC21. The molecule has 0 bridgehead atoms. The summed E-state index contributed by atoms with van der Waals surface area (Å²) in [4.78, 5) is 2.69. The average molecular weight is 290 g/mol. The lowest BCUT2D eigenvalue weighted by Gasteiger charge is -2.37. The van der Waals surface area contributed by atoms with Crippen molar-refractivity contribution in [2.45, 2.75) is 65.1 Å². The molecule has 3 nitrogen and oxygen atoms in total. The van der Waals surface area contributed by atoms with Crippen LogP contribution in [-0.4, -0.2) is 24.0 Å². The summed E-state index contributed by atoms with van der Waals surface area (Å²) in [5.41, 5.74) is 1.34. The molecule has 2 fully saturated rings. The third-order valence-electron chi connectivity index (χ3n) is 5.16. The van der Waals surface area contributed by atoms with Crippen molar-refractivity contribution in [1.29, 1.82) is 0 Å². The highest BCUT2D eigenvalue weighted by Gasteiger charge is 2.35. The second kappa shape index (κ2) is 6.97. The van der Waals surface area contributed by atoms with E-state index in [1.807, 2.05) is 6.26 Å². The molecule has 118 valence electrons. The molecule has 0 aromatic carbocycles. The fourth-order valence-electron chi connectivity index (χ4n) is 4.10. The van der Waals surface area contributed by atoms with Gasteiger partial charge in [-0.15, -0.1) is 0 Å². The molecule has 2 unspecified atom stereocenters. The largest absolute Gasteiger partial charge is 0.468 e. The molecular formula is C18H30N2O. The molecule has 1 aromatic rings. The van der Waals surface area contributed by atoms with Crippen molar-refractivity contribution in [3.05, 3.63) is 23.7 Å². The summed E-state index contributed by atoms with van der Waals surface area (Å²) in [6.07, 6.45) is 8.93. The predicted octanol–water partition coefficient (Wildman–Crippen LogP) is 3.79. The first-order chi connectivity index (χ1) is 10.2. The van der Waals surface area contributed by atoms with Crippen molar-refractivity contribution in [2.24, 2.45) is 11.8 Å². The van der Waals surface area contributed by atoms with E-state index in [0.717, 1.165) is 31.6 Å². The summed E-state index contributed by atoms with van der Waals surface area (Å²) in [7, 11) is 0. The van der Waals surface area contributed by atoms with Gasteiger partial charge < -0.3 is 9.73 Å². The fourth-order valence-corrected chi connectivity index (χ4v) is 4.10. The average Bonchev–Trinajstić information content (AvgIpc) is 3.08. The van der Waals surface area contributed by atoms with Crippen molar-refractivity contribution in [3.8, 4) is 0 Å². The Morgan fingerprint density at radius 2 is 2.14 bits per heavy atom. The van der Waals surface area contributed by atoms with Gasteiger partial charge in [-0.3, -0.25) is 4.90 Å². The quantitative estimate of drug-likeness (QED) is 0.864. The van der Waals surface area contributed by atoms with E-state index < -0.39 is 0 Å². The molecule has 1 N–H and O–H groups in total. The maximum atomic E-state index is 5.79. The molecule has 21 heavy (non-hydrogen) atoms. The van der Waals surface area contributed by atoms with Crippen molar-refractivity contribution in [3.63, 3.8) is 0 Å². The van der Waals surface area contributed by atoms with Crippen LogP contribution in [0.3, 0.4) is 0 Å². The normalized spacial score (nSPS) is 26.4. The van der Waals surface area contributed by atoms with E-state index in [1.54, 1.807) is 0 Å².